The maximum absolute atomic E-state index is 14.2. The number of benzene rings is 1. The Labute approximate surface area is 197 Å². The quantitative estimate of drug-likeness (QED) is 0.441. The predicted octanol–water partition coefficient (Wildman–Crippen LogP) is 3.90. The molecule has 0 radical (unpaired) electrons. The molecule has 182 valence electrons. The van der Waals surface area contributed by atoms with Gasteiger partial charge in [0.05, 0.1) is 7.11 Å². The second-order valence-electron chi connectivity index (χ2n) is 8.32. The van der Waals surface area contributed by atoms with Gasteiger partial charge in [0.15, 0.2) is 11.5 Å². The molecule has 1 amide bonds. The Bertz CT molecular complexity index is 1410. The van der Waals surface area contributed by atoms with Gasteiger partial charge < -0.3 is 15.2 Å². The number of halogens is 3. The molecule has 4 aromatic rings. The summed E-state index contributed by atoms with van der Waals surface area (Å²) in [5.74, 6) is 0.858. The van der Waals surface area contributed by atoms with Crippen molar-refractivity contribution < 1.29 is 27.8 Å². The Balaban J connectivity index is 1.55. The second-order valence-corrected chi connectivity index (χ2v) is 8.32. The number of carbonyl (C=O) groups is 1. The summed E-state index contributed by atoms with van der Waals surface area (Å²) in [5, 5.41) is 20.3. The van der Waals surface area contributed by atoms with Gasteiger partial charge in [0.2, 0.25) is 0 Å². The van der Waals surface area contributed by atoms with Crippen LogP contribution < -0.4 is 10.1 Å². The average molecular weight is 486 g/mol. The first-order chi connectivity index (χ1) is 16.7. The van der Waals surface area contributed by atoms with E-state index in [1.54, 1.807) is 12.1 Å². The molecule has 0 saturated carbocycles. The Morgan fingerprint density at radius 2 is 2.03 bits per heavy atom. The normalized spacial score (nSPS) is 17.7. The van der Waals surface area contributed by atoms with E-state index in [0.29, 0.717) is 34.9 Å². The molecular weight excluding hydrogens is 465 g/mol. The molecule has 0 spiro atoms. The van der Waals surface area contributed by atoms with E-state index in [0.717, 1.165) is 5.39 Å². The predicted molar refractivity (Wildman–Crippen MR) is 120 cm³/mol. The highest BCUT2D eigenvalue weighted by molar-refractivity contribution is 5.86. The van der Waals surface area contributed by atoms with Gasteiger partial charge in [-0.25, -0.2) is 9.78 Å². The summed E-state index contributed by atoms with van der Waals surface area (Å²) in [6, 6.07) is 9.44. The summed E-state index contributed by atoms with van der Waals surface area (Å²) in [6.45, 7) is 0.0593. The van der Waals surface area contributed by atoms with Crippen LogP contribution in [0.3, 0.4) is 0 Å². The number of hydrogen-bond acceptors (Lipinski definition) is 6. The molecule has 5 rings (SSSR count). The number of para-hydroxylation sites is 1. The van der Waals surface area contributed by atoms with Gasteiger partial charge in [-0.05, 0) is 30.2 Å². The number of hydrogen-bond donors (Lipinski definition) is 2. The fourth-order valence-corrected chi connectivity index (χ4v) is 4.57. The van der Waals surface area contributed by atoms with Crippen molar-refractivity contribution in [2.75, 3.05) is 20.2 Å². The summed E-state index contributed by atoms with van der Waals surface area (Å²) in [7, 11) is 1.54. The van der Waals surface area contributed by atoms with E-state index < -0.39 is 24.4 Å². The lowest BCUT2D eigenvalue weighted by Gasteiger charge is -2.30. The van der Waals surface area contributed by atoms with Crippen molar-refractivity contribution >= 4 is 22.6 Å². The Hall–Kier alpha value is -3.93. The first-order valence-electron chi connectivity index (χ1n) is 10.8. The summed E-state index contributed by atoms with van der Waals surface area (Å²) >= 11 is 0. The third-order valence-corrected chi connectivity index (χ3v) is 6.10. The summed E-state index contributed by atoms with van der Waals surface area (Å²) in [5.41, 5.74) is 1.41. The Morgan fingerprint density at radius 1 is 1.20 bits per heavy atom. The van der Waals surface area contributed by atoms with Gasteiger partial charge in [0, 0.05) is 30.7 Å². The molecule has 2 N–H and O–H groups in total. The lowest BCUT2D eigenvalue weighted by atomic mass is 10.1. The van der Waals surface area contributed by atoms with Crippen molar-refractivity contribution in [1.82, 2.24) is 29.8 Å². The van der Waals surface area contributed by atoms with Gasteiger partial charge in [-0.3, -0.25) is 9.30 Å². The molecular formula is C23H21F3N6O3. The number of likely N-dealkylation sites (tertiary alicyclic amines) is 1. The van der Waals surface area contributed by atoms with Crippen molar-refractivity contribution in [2.24, 2.45) is 0 Å². The molecule has 35 heavy (non-hydrogen) atoms. The molecule has 0 aliphatic carbocycles. The first-order valence-corrected chi connectivity index (χ1v) is 10.8. The molecule has 3 aromatic heterocycles. The summed E-state index contributed by atoms with van der Waals surface area (Å²) < 4.78 is 49.5. The molecule has 1 aliphatic rings. The van der Waals surface area contributed by atoms with E-state index in [1.807, 2.05) is 18.2 Å². The molecule has 9 nitrogen and oxygen atoms in total. The minimum atomic E-state index is -4.57. The highest BCUT2D eigenvalue weighted by atomic mass is 19.4. The van der Waals surface area contributed by atoms with E-state index >= 15 is 0 Å². The highest BCUT2D eigenvalue weighted by Crippen LogP contribution is 2.40. The number of nitrogens with one attached hydrogen (secondary N) is 1. The third kappa shape index (κ3) is 4.32. The van der Waals surface area contributed by atoms with Gasteiger partial charge in [-0.15, -0.1) is 10.2 Å². The zero-order chi connectivity index (χ0) is 24.7. The van der Waals surface area contributed by atoms with Crippen LogP contribution in [0, 0.1) is 0 Å². The van der Waals surface area contributed by atoms with Crippen LogP contribution in [0.5, 0.6) is 5.75 Å². The molecule has 2 atom stereocenters. The number of methoxy groups -OCH3 is 1. The molecule has 4 heterocycles. The number of aromatic nitrogens is 4. The minimum absolute atomic E-state index is 0.000365. The number of pyridine rings is 2. The average Bonchev–Trinajstić information content (AvgIpc) is 3.44. The topological polar surface area (TPSA) is 105 Å². The zero-order valence-electron chi connectivity index (χ0n) is 18.5. The minimum Gasteiger partial charge on any atom is -0.494 e. The van der Waals surface area contributed by atoms with Crippen molar-refractivity contribution in [2.45, 2.75) is 24.7 Å². The SMILES string of the molecule is COc1cccc2ccc(-c3nnc4ccc(C(N5CC[C@H](NC(=O)O)C5)C(F)(F)F)cn34)nc12. The summed E-state index contributed by atoms with van der Waals surface area (Å²) in [4.78, 5) is 16.8. The van der Waals surface area contributed by atoms with Crippen LogP contribution in [0.25, 0.3) is 28.1 Å². The van der Waals surface area contributed by atoms with Crippen molar-refractivity contribution in [3.05, 3.63) is 54.2 Å². The van der Waals surface area contributed by atoms with Crippen LogP contribution in [0.2, 0.25) is 0 Å². The number of carboxylic acid groups (broad SMARTS) is 1. The highest BCUT2D eigenvalue weighted by Gasteiger charge is 2.47. The zero-order valence-corrected chi connectivity index (χ0v) is 18.5. The molecule has 12 heteroatoms. The van der Waals surface area contributed by atoms with E-state index in [2.05, 4.69) is 20.5 Å². The lowest BCUT2D eigenvalue weighted by Crippen LogP contribution is -2.40. The largest absolute Gasteiger partial charge is 0.494 e. The van der Waals surface area contributed by atoms with Crippen LogP contribution >= 0.6 is 0 Å². The maximum Gasteiger partial charge on any atom is 0.408 e. The van der Waals surface area contributed by atoms with Gasteiger partial charge >= 0.3 is 12.3 Å². The fraction of sp³-hybridized carbons (Fsp3) is 0.304. The van der Waals surface area contributed by atoms with Crippen molar-refractivity contribution in [1.29, 1.82) is 0 Å². The smallest absolute Gasteiger partial charge is 0.408 e. The number of amides is 1. The standard InChI is InChI=1S/C23H21F3N6O3/c1-35-17-4-2-3-13-5-7-16(28-19(13)17)21-30-29-18-8-6-14(11-32(18)21)20(23(24,25)26)31-10-9-15(12-31)27-22(33)34/h2-8,11,15,20,27H,9-10,12H2,1H3,(H,33,34)/t15-,20?/m0/s1. The number of ether oxygens (including phenoxy) is 1. The van der Waals surface area contributed by atoms with Crippen molar-refractivity contribution in [3.8, 4) is 17.3 Å². The lowest BCUT2D eigenvalue weighted by molar-refractivity contribution is -0.184. The molecule has 1 fully saturated rings. The van der Waals surface area contributed by atoms with E-state index in [-0.39, 0.29) is 18.7 Å². The van der Waals surface area contributed by atoms with Crippen LogP contribution in [0.15, 0.2) is 48.7 Å². The monoisotopic (exact) mass is 486 g/mol. The molecule has 1 unspecified atom stereocenters. The molecule has 1 aromatic carbocycles. The Kier molecular flexibility index (Phi) is 5.67. The van der Waals surface area contributed by atoms with Crippen LogP contribution in [-0.2, 0) is 0 Å². The summed E-state index contributed by atoms with van der Waals surface area (Å²) in [6.07, 6.45) is -4.17. The van der Waals surface area contributed by atoms with Crippen LogP contribution in [0.4, 0.5) is 18.0 Å². The number of nitrogens with zero attached hydrogens (tertiary/aromatic N) is 5. The third-order valence-electron chi connectivity index (χ3n) is 6.10. The van der Waals surface area contributed by atoms with Gasteiger partial charge in [0.1, 0.15) is 23.0 Å². The first kappa shape index (κ1) is 22.8. The molecule has 1 saturated heterocycles. The van der Waals surface area contributed by atoms with E-state index in [9.17, 15) is 18.0 Å². The number of alkyl halides is 3. The van der Waals surface area contributed by atoms with E-state index in [4.69, 9.17) is 9.84 Å². The van der Waals surface area contributed by atoms with Gasteiger partial charge in [-0.1, -0.05) is 24.3 Å². The molecule has 1 aliphatic heterocycles. The van der Waals surface area contributed by atoms with Gasteiger partial charge in [0.25, 0.3) is 0 Å². The van der Waals surface area contributed by atoms with Gasteiger partial charge in [-0.2, -0.15) is 13.2 Å². The van der Waals surface area contributed by atoms with Crippen LogP contribution in [-0.4, -0.2) is 68.1 Å². The number of fused-ring (bicyclic) bond motifs is 2. The van der Waals surface area contributed by atoms with Crippen LogP contribution in [0.1, 0.15) is 18.0 Å². The van der Waals surface area contributed by atoms with E-state index in [1.165, 1.54) is 34.7 Å². The maximum atomic E-state index is 14.2. The van der Waals surface area contributed by atoms with Crippen molar-refractivity contribution in [3.63, 3.8) is 0 Å². The second kappa shape index (κ2) is 8.69. The fourth-order valence-electron chi connectivity index (χ4n) is 4.57. The number of rotatable bonds is 5. The Morgan fingerprint density at radius 3 is 2.77 bits per heavy atom. The molecule has 0 bridgehead atoms.